The van der Waals surface area contributed by atoms with E-state index < -0.39 is 0 Å². The number of aliphatic hydroxyl groups excluding tert-OH is 1. The van der Waals surface area contributed by atoms with Crippen molar-refractivity contribution in [2.45, 2.75) is 31.8 Å². The average Bonchev–Trinajstić information content (AvgIpc) is 2.46. The Hall–Kier alpha value is -1.42. The molecule has 0 atom stereocenters. The quantitative estimate of drug-likeness (QED) is 0.859. The first-order valence-corrected chi connectivity index (χ1v) is 6.87. The fourth-order valence-corrected chi connectivity index (χ4v) is 2.55. The normalized spacial score (nSPS) is 22.9. The molecule has 19 heavy (non-hydrogen) atoms. The van der Waals surface area contributed by atoms with Crippen LogP contribution in [0.3, 0.4) is 0 Å². The Morgan fingerprint density at radius 2 is 1.89 bits per heavy atom. The van der Waals surface area contributed by atoms with E-state index in [-0.39, 0.29) is 6.10 Å². The molecule has 0 amide bonds. The summed E-state index contributed by atoms with van der Waals surface area (Å²) in [4.78, 5) is 0. The number of nitrogens with one attached hydrogen (secondary N) is 1. The van der Waals surface area contributed by atoms with E-state index in [0.717, 1.165) is 49.4 Å². The van der Waals surface area contributed by atoms with E-state index in [4.69, 9.17) is 9.47 Å². The van der Waals surface area contributed by atoms with Crippen molar-refractivity contribution in [1.29, 1.82) is 0 Å². The van der Waals surface area contributed by atoms with Crippen LogP contribution in [0.15, 0.2) is 18.2 Å². The highest BCUT2D eigenvalue weighted by Gasteiger charge is 2.19. The van der Waals surface area contributed by atoms with Crippen molar-refractivity contribution in [1.82, 2.24) is 0 Å². The standard InChI is InChI=1S/C15H23NO3/c1-18-13-7-8-14(15(9-13)19-2)16-10-11-3-5-12(17)6-4-11/h7-9,11-12,16-17H,3-6,10H2,1-2H3. The smallest absolute Gasteiger partial charge is 0.145 e. The van der Waals surface area contributed by atoms with E-state index in [1.807, 2.05) is 18.2 Å². The number of anilines is 1. The van der Waals surface area contributed by atoms with Crippen LogP contribution in [0.5, 0.6) is 11.5 Å². The highest BCUT2D eigenvalue weighted by atomic mass is 16.5. The van der Waals surface area contributed by atoms with Crippen LogP contribution >= 0.6 is 0 Å². The number of hydrogen-bond acceptors (Lipinski definition) is 4. The molecule has 4 nitrogen and oxygen atoms in total. The minimum atomic E-state index is -0.0910. The van der Waals surface area contributed by atoms with Gasteiger partial charge in [0.25, 0.3) is 0 Å². The van der Waals surface area contributed by atoms with E-state index in [1.165, 1.54) is 0 Å². The second-order valence-electron chi connectivity index (χ2n) is 5.12. The highest BCUT2D eigenvalue weighted by Crippen LogP contribution is 2.30. The zero-order valence-corrected chi connectivity index (χ0v) is 11.7. The van der Waals surface area contributed by atoms with E-state index in [9.17, 15) is 5.11 Å². The Labute approximate surface area is 114 Å². The molecule has 4 heteroatoms. The highest BCUT2D eigenvalue weighted by molar-refractivity contribution is 5.59. The van der Waals surface area contributed by atoms with Crippen molar-refractivity contribution in [3.63, 3.8) is 0 Å². The fourth-order valence-electron chi connectivity index (χ4n) is 2.55. The van der Waals surface area contributed by atoms with Gasteiger partial charge >= 0.3 is 0 Å². The van der Waals surface area contributed by atoms with Gasteiger partial charge in [0.2, 0.25) is 0 Å². The van der Waals surface area contributed by atoms with Gasteiger partial charge in [-0.15, -0.1) is 0 Å². The van der Waals surface area contributed by atoms with Crippen molar-refractivity contribution < 1.29 is 14.6 Å². The third kappa shape index (κ3) is 3.77. The van der Waals surface area contributed by atoms with Crippen molar-refractivity contribution in [2.24, 2.45) is 5.92 Å². The second-order valence-corrected chi connectivity index (χ2v) is 5.12. The van der Waals surface area contributed by atoms with Gasteiger partial charge in [0.15, 0.2) is 0 Å². The van der Waals surface area contributed by atoms with Gasteiger partial charge in [0.05, 0.1) is 26.0 Å². The van der Waals surface area contributed by atoms with Crippen LogP contribution in [0.2, 0.25) is 0 Å². The third-order valence-electron chi connectivity index (χ3n) is 3.81. The molecule has 1 saturated carbocycles. The SMILES string of the molecule is COc1ccc(NCC2CCC(O)CC2)c(OC)c1. The lowest BCUT2D eigenvalue weighted by Crippen LogP contribution is -2.23. The van der Waals surface area contributed by atoms with Gasteiger partial charge in [0, 0.05) is 12.6 Å². The maximum absolute atomic E-state index is 9.50. The minimum absolute atomic E-state index is 0.0910. The Kier molecular flexibility index (Phi) is 4.91. The number of rotatable bonds is 5. The lowest BCUT2D eigenvalue weighted by Gasteiger charge is -2.26. The van der Waals surface area contributed by atoms with E-state index in [0.29, 0.717) is 5.92 Å². The van der Waals surface area contributed by atoms with Gasteiger partial charge in [-0.25, -0.2) is 0 Å². The van der Waals surface area contributed by atoms with Crippen LogP contribution in [0, 0.1) is 5.92 Å². The molecule has 1 aromatic carbocycles. The van der Waals surface area contributed by atoms with Crippen LogP contribution < -0.4 is 14.8 Å². The van der Waals surface area contributed by atoms with Crippen molar-refractivity contribution in [3.8, 4) is 11.5 Å². The zero-order valence-electron chi connectivity index (χ0n) is 11.7. The Morgan fingerprint density at radius 1 is 1.16 bits per heavy atom. The van der Waals surface area contributed by atoms with Crippen molar-refractivity contribution in [3.05, 3.63) is 18.2 Å². The maximum atomic E-state index is 9.50. The Bertz CT molecular complexity index is 400. The molecular weight excluding hydrogens is 242 g/mol. The number of ether oxygens (including phenoxy) is 2. The van der Waals surface area contributed by atoms with Crippen LogP contribution in [-0.4, -0.2) is 32.0 Å². The van der Waals surface area contributed by atoms with Crippen LogP contribution in [0.1, 0.15) is 25.7 Å². The molecule has 106 valence electrons. The molecule has 0 spiro atoms. The van der Waals surface area contributed by atoms with E-state index >= 15 is 0 Å². The maximum Gasteiger partial charge on any atom is 0.145 e. The first-order valence-electron chi connectivity index (χ1n) is 6.87. The second kappa shape index (κ2) is 6.66. The van der Waals surface area contributed by atoms with Crippen LogP contribution in [0.25, 0.3) is 0 Å². The molecule has 0 heterocycles. The first kappa shape index (κ1) is 14.0. The summed E-state index contributed by atoms with van der Waals surface area (Å²) in [6.45, 7) is 0.926. The van der Waals surface area contributed by atoms with Crippen LogP contribution in [0.4, 0.5) is 5.69 Å². The molecule has 2 N–H and O–H groups in total. The largest absolute Gasteiger partial charge is 0.497 e. The molecule has 2 rings (SSSR count). The molecule has 0 radical (unpaired) electrons. The molecule has 1 aromatic rings. The summed E-state index contributed by atoms with van der Waals surface area (Å²) in [5, 5.41) is 12.9. The van der Waals surface area contributed by atoms with E-state index in [1.54, 1.807) is 14.2 Å². The topological polar surface area (TPSA) is 50.7 Å². The zero-order chi connectivity index (χ0) is 13.7. The Morgan fingerprint density at radius 3 is 2.53 bits per heavy atom. The predicted octanol–water partition coefficient (Wildman–Crippen LogP) is 2.67. The molecule has 1 aliphatic carbocycles. The number of aliphatic hydroxyl groups is 1. The van der Waals surface area contributed by atoms with Gasteiger partial charge < -0.3 is 19.9 Å². The first-order chi connectivity index (χ1) is 9.22. The molecule has 0 aromatic heterocycles. The summed E-state index contributed by atoms with van der Waals surface area (Å²) in [5.41, 5.74) is 0.995. The number of methoxy groups -OCH3 is 2. The van der Waals surface area contributed by atoms with E-state index in [2.05, 4.69) is 5.32 Å². The number of hydrogen-bond donors (Lipinski definition) is 2. The minimum Gasteiger partial charge on any atom is -0.497 e. The molecule has 0 saturated heterocycles. The summed E-state index contributed by atoms with van der Waals surface area (Å²) in [7, 11) is 3.31. The van der Waals surface area contributed by atoms with Gasteiger partial charge in [-0.05, 0) is 43.7 Å². The third-order valence-corrected chi connectivity index (χ3v) is 3.81. The fraction of sp³-hybridized carbons (Fsp3) is 0.600. The summed E-state index contributed by atoms with van der Waals surface area (Å²) in [5.74, 6) is 2.23. The summed E-state index contributed by atoms with van der Waals surface area (Å²) in [6, 6.07) is 5.79. The average molecular weight is 265 g/mol. The van der Waals surface area contributed by atoms with Gasteiger partial charge in [-0.1, -0.05) is 0 Å². The monoisotopic (exact) mass is 265 g/mol. The molecule has 1 aliphatic rings. The van der Waals surface area contributed by atoms with Gasteiger partial charge in [-0.3, -0.25) is 0 Å². The number of benzene rings is 1. The molecule has 0 bridgehead atoms. The van der Waals surface area contributed by atoms with Crippen molar-refractivity contribution in [2.75, 3.05) is 26.1 Å². The summed E-state index contributed by atoms with van der Waals surface area (Å²) in [6.07, 6.45) is 3.93. The lowest BCUT2D eigenvalue weighted by atomic mass is 9.87. The van der Waals surface area contributed by atoms with Gasteiger partial charge in [-0.2, -0.15) is 0 Å². The van der Waals surface area contributed by atoms with Crippen LogP contribution in [-0.2, 0) is 0 Å². The molecule has 0 unspecified atom stereocenters. The predicted molar refractivity (Wildman–Crippen MR) is 76.0 cm³/mol. The lowest BCUT2D eigenvalue weighted by molar-refractivity contribution is 0.111. The van der Waals surface area contributed by atoms with Crippen molar-refractivity contribution >= 4 is 5.69 Å². The molecule has 1 fully saturated rings. The van der Waals surface area contributed by atoms with Gasteiger partial charge in [0.1, 0.15) is 11.5 Å². The summed E-state index contributed by atoms with van der Waals surface area (Å²) < 4.78 is 10.5. The molecule has 0 aliphatic heterocycles. The summed E-state index contributed by atoms with van der Waals surface area (Å²) >= 11 is 0. The molecular formula is C15H23NO3. The Balaban J connectivity index is 1.91.